The number of aliphatic carboxylic acids is 1. The molecule has 0 fully saturated rings. The molecule has 0 aromatic heterocycles. The third-order valence-electron chi connectivity index (χ3n) is 3.97. The lowest BCUT2D eigenvalue weighted by Gasteiger charge is -2.25. The Labute approximate surface area is 160 Å². The molecule has 3 aromatic carbocycles. The Hall–Kier alpha value is -2.38. The predicted molar refractivity (Wildman–Crippen MR) is 105 cm³/mol. The van der Waals surface area contributed by atoms with E-state index >= 15 is 0 Å². The van der Waals surface area contributed by atoms with Gasteiger partial charge in [0.05, 0.1) is 17.0 Å². The van der Waals surface area contributed by atoms with E-state index in [9.17, 15) is 13.2 Å². The number of sulfonamides is 1. The van der Waals surface area contributed by atoms with Gasteiger partial charge in [-0.1, -0.05) is 52.3 Å². The first-order chi connectivity index (χ1) is 12.4. The lowest BCUT2D eigenvalue weighted by molar-refractivity contribution is -0.136. The molecule has 134 valence electrons. The smallest absolute Gasteiger partial charge is 0.305 e. The van der Waals surface area contributed by atoms with Crippen LogP contribution in [0.3, 0.4) is 0 Å². The lowest BCUT2D eigenvalue weighted by Crippen LogP contribution is -2.33. The lowest BCUT2D eigenvalue weighted by atomic mass is 10.1. The van der Waals surface area contributed by atoms with Crippen molar-refractivity contribution in [2.45, 2.75) is 11.3 Å². The number of carboxylic acid groups (broad SMARTS) is 1. The average molecular weight is 434 g/mol. The van der Waals surface area contributed by atoms with E-state index in [0.717, 1.165) is 15.2 Å². The van der Waals surface area contributed by atoms with E-state index in [1.54, 1.807) is 24.3 Å². The monoisotopic (exact) mass is 433 g/mol. The fraction of sp³-hybridized carbons (Fsp3) is 0.105. The standard InChI is InChI=1S/C19H16BrNO4S/c20-15-8-10-16(11-9-15)26(24,25)21(13-12-19(22)23)18-7-3-5-14-4-1-2-6-17(14)18/h1-11H,12-13H2,(H,22,23). The Morgan fingerprint density at radius 2 is 1.62 bits per heavy atom. The summed E-state index contributed by atoms with van der Waals surface area (Å²) in [4.78, 5) is 11.2. The van der Waals surface area contributed by atoms with Gasteiger partial charge in [0.1, 0.15) is 0 Å². The van der Waals surface area contributed by atoms with Crippen molar-refractivity contribution in [3.63, 3.8) is 0 Å². The van der Waals surface area contributed by atoms with Gasteiger partial charge in [-0.15, -0.1) is 0 Å². The summed E-state index contributed by atoms with van der Waals surface area (Å²) in [5.41, 5.74) is 0.465. The third kappa shape index (κ3) is 3.73. The molecule has 0 spiro atoms. The minimum absolute atomic E-state index is 0.110. The molecule has 3 rings (SSSR count). The zero-order valence-electron chi connectivity index (χ0n) is 13.7. The Kier molecular flexibility index (Phi) is 5.29. The van der Waals surface area contributed by atoms with Gasteiger partial charge in [0.25, 0.3) is 10.0 Å². The zero-order chi connectivity index (χ0) is 18.7. The van der Waals surface area contributed by atoms with Crippen molar-refractivity contribution >= 4 is 48.4 Å². The molecule has 0 radical (unpaired) electrons. The van der Waals surface area contributed by atoms with Gasteiger partial charge in [-0.05, 0) is 35.7 Å². The highest BCUT2D eigenvalue weighted by Crippen LogP contribution is 2.31. The molecular formula is C19H16BrNO4S. The van der Waals surface area contributed by atoms with E-state index in [1.165, 1.54) is 16.4 Å². The van der Waals surface area contributed by atoms with Crippen LogP contribution in [0.2, 0.25) is 0 Å². The van der Waals surface area contributed by atoms with Crippen molar-refractivity contribution in [3.05, 3.63) is 71.2 Å². The van der Waals surface area contributed by atoms with Crippen LogP contribution in [0, 0.1) is 0 Å². The maximum absolute atomic E-state index is 13.2. The van der Waals surface area contributed by atoms with Gasteiger partial charge >= 0.3 is 5.97 Å². The zero-order valence-corrected chi connectivity index (χ0v) is 16.1. The summed E-state index contributed by atoms with van der Waals surface area (Å²) < 4.78 is 28.4. The number of carboxylic acids is 1. The van der Waals surface area contributed by atoms with Crippen molar-refractivity contribution < 1.29 is 18.3 Å². The van der Waals surface area contributed by atoms with Crippen molar-refractivity contribution in [2.24, 2.45) is 0 Å². The van der Waals surface area contributed by atoms with E-state index in [-0.39, 0.29) is 17.9 Å². The van der Waals surface area contributed by atoms with Crippen LogP contribution in [0.4, 0.5) is 5.69 Å². The molecule has 5 nitrogen and oxygen atoms in total. The first-order valence-electron chi connectivity index (χ1n) is 7.87. The molecule has 0 aliphatic heterocycles. The first kappa shape index (κ1) is 18.4. The van der Waals surface area contributed by atoms with Crippen LogP contribution in [0.15, 0.2) is 76.1 Å². The average Bonchev–Trinajstić information content (AvgIpc) is 2.62. The van der Waals surface area contributed by atoms with E-state index in [4.69, 9.17) is 5.11 Å². The number of halogens is 1. The second-order valence-corrected chi connectivity index (χ2v) is 8.45. The largest absolute Gasteiger partial charge is 0.481 e. The van der Waals surface area contributed by atoms with E-state index < -0.39 is 16.0 Å². The fourth-order valence-electron chi connectivity index (χ4n) is 2.73. The number of rotatable bonds is 6. The fourth-order valence-corrected chi connectivity index (χ4v) is 4.48. The van der Waals surface area contributed by atoms with Crippen molar-refractivity contribution in [1.82, 2.24) is 0 Å². The first-order valence-corrected chi connectivity index (χ1v) is 10.1. The molecule has 0 saturated heterocycles. The molecule has 0 atom stereocenters. The molecule has 0 bridgehead atoms. The van der Waals surface area contributed by atoms with Crippen molar-refractivity contribution in [1.29, 1.82) is 0 Å². The Bertz CT molecular complexity index is 1040. The van der Waals surface area contributed by atoms with E-state index in [2.05, 4.69) is 15.9 Å². The number of nitrogens with zero attached hydrogens (tertiary/aromatic N) is 1. The second kappa shape index (κ2) is 7.47. The van der Waals surface area contributed by atoms with Gasteiger partial charge in [0.2, 0.25) is 0 Å². The summed E-state index contributed by atoms with van der Waals surface area (Å²) in [5.74, 6) is -1.05. The summed E-state index contributed by atoms with van der Waals surface area (Å²) in [5, 5.41) is 10.7. The summed E-state index contributed by atoms with van der Waals surface area (Å²) in [7, 11) is -3.91. The summed E-state index contributed by atoms with van der Waals surface area (Å²) in [6.45, 7) is -0.151. The molecule has 3 aromatic rings. The number of benzene rings is 3. The molecule has 0 aliphatic rings. The Morgan fingerprint density at radius 3 is 2.31 bits per heavy atom. The van der Waals surface area contributed by atoms with Gasteiger partial charge in [-0.2, -0.15) is 0 Å². The summed E-state index contributed by atoms with van der Waals surface area (Å²) in [6.07, 6.45) is -0.293. The number of fused-ring (bicyclic) bond motifs is 1. The van der Waals surface area contributed by atoms with Crippen LogP contribution >= 0.6 is 15.9 Å². The molecule has 1 N–H and O–H groups in total. The maximum atomic E-state index is 13.2. The molecule has 0 unspecified atom stereocenters. The van der Waals surface area contributed by atoms with Gasteiger partial charge in [0.15, 0.2) is 0 Å². The van der Waals surface area contributed by atoms with Gasteiger partial charge in [-0.3, -0.25) is 9.10 Å². The molecular weight excluding hydrogens is 418 g/mol. The number of hydrogen-bond acceptors (Lipinski definition) is 3. The second-order valence-electron chi connectivity index (χ2n) is 5.67. The quantitative estimate of drug-likeness (QED) is 0.629. The predicted octanol–water partition coefficient (Wildman–Crippen LogP) is 4.27. The SMILES string of the molecule is O=C(O)CCN(c1cccc2ccccc12)S(=O)(=O)c1ccc(Br)cc1. The normalized spacial score (nSPS) is 11.4. The topological polar surface area (TPSA) is 74.7 Å². The number of carbonyl (C=O) groups is 1. The minimum atomic E-state index is -3.91. The molecule has 0 amide bonds. The number of anilines is 1. The molecule has 0 aliphatic carbocycles. The van der Waals surface area contributed by atoms with Crippen LogP contribution in [-0.4, -0.2) is 26.0 Å². The maximum Gasteiger partial charge on any atom is 0.305 e. The number of hydrogen-bond donors (Lipinski definition) is 1. The molecule has 26 heavy (non-hydrogen) atoms. The highest BCUT2D eigenvalue weighted by Gasteiger charge is 2.26. The van der Waals surface area contributed by atoms with E-state index in [0.29, 0.717) is 5.69 Å². The summed E-state index contributed by atoms with van der Waals surface area (Å²) >= 11 is 3.29. The van der Waals surface area contributed by atoms with Crippen LogP contribution in [0.25, 0.3) is 10.8 Å². The van der Waals surface area contributed by atoms with Gasteiger partial charge in [0, 0.05) is 16.4 Å². The Balaban J connectivity index is 2.16. The minimum Gasteiger partial charge on any atom is -0.481 e. The van der Waals surface area contributed by atoms with Crippen molar-refractivity contribution in [2.75, 3.05) is 10.8 Å². The van der Waals surface area contributed by atoms with Crippen LogP contribution in [-0.2, 0) is 14.8 Å². The van der Waals surface area contributed by atoms with Crippen molar-refractivity contribution in [3.8, 4) is 0 Å². The highest BCUT2D eigenvalue weighted by molar-refractivity contribution is 9.10. The summed E-state index contributed by atoms with van der Waals surface area (Å²) in [6, 6.07) is 19.1. The third-order valence-corrected chi connectivity index (χ3v) is 6.32. The highest BCUT2D eigenvalue weighted by atomic mass is 79.9. The molecule has 7 heteroatoms. The van der Waals surface area contributed by atoms with Gasteiger partial charge < -0.3 is 5.11 Å². The van der Waals surface area contributed by atoms with Gasteiger partial charge in [-0.25, -0.2) is 8.42 Å². The van der Waals surface area contributed by atoms with E-state index in [1.807, 2.05) is 30.3 Å². The van der Waals surface area contributed by atoms with Crippen LogP contribution in [0.1, 0.15) is 6.42 Å². The molecule has 0 saturated carbocycles. The van der Waals surface area contributed by atoms with Crippen LogP contribution < -0.4 is 4.31 Å². The molecule has 0 heterocycles. The Morgan fingerprint density at radius 1 is 0.962 bits per heavy atom. The van der Waals surface area contributed by atoms with Crippen LogP contribution in [0.5, 0.6) is 0 Å².